The fourth-order valence-corrected chi connectivity index (χ4v) is 1.70. The van der Waals surface area contributed by atoms with Crippen molar-refractivity contribution >= 4 is 5.69 Å². The Hall–Kier alpha value is -0.980. The second kappa shape index (κ2) is 3.82. The minimum Gasteiger partial charge on any atom is -0.399 e. The van der Waals surface area contributed by atoms with Crippen LogP contribution in [0.25, 0.3) is 0 Å². The van der Waals surface area contributed by atoms with E-state index in [0.717, 1.165) is 5.69 Å². The van der Waals surface area contributed by atoms with Crippen LogP contribution >= 0.6 is 0 Å². The molecule has 1 rings (SSSR count). The Labute approximate surface area is 81.0 Å². The summed E-state index contributed by atoms with van der Waals surface area (Å²) in [5.41, 5.74) is 8.15. The van der Waals surface area contributed by atoms with Gasteiger partial charge < -0.3 is 5.73 Å². The van der Waals surface area contributed by atoms with Gasteiger partial charge in [0.25, 0.3) is 0 Å². The van der Waals surface area contributed by atoms with Gasteiger partial charge in [0.05, 0.1) is 0 Å². The van der Waals surface area contributed by atoms with Crippen LogP contribution < -0.4 is 5.73 Å². The smallest absolute Gasteiger partial charge is 0.0314 e. The molecule has 0 aliphatic carbocycles. The molecule has 1 heteroatoms. The van der Waals surface area contributed by atoms with E-state index in [4.69, 9.17) is 5.73 Å². The first-order chi connectivity index (χ1) is 6.06. The summed E-state index contributed by atoms with van der Waals surface area (Å²) < 4.78 is 0. The molecule has 1 aromatic carbocycles. The lowest BCUT2D eigenvalue weighted by Crippen LogP contribution is -2.16. The SMILES string of the molecule is CCCC(C)(C)c1ccc(N)cc1. The fourth-order valence-electron chi connectivity index (χ4n) is 1.70. The van der Waals surface area contributed by atoms with E-state index in [1.807, 2.05) is 12.1 Å². The van der Waals surface area contributed by atoms with Gasteiger partial charge in [-0.15, -0.1) is 0 Å². The molecule has 0 saturated heterocycles. The summed E-state index contributed by atoms with van der Waals surface area (Å²) in [6.07, 6.45) is 2.44. The third kappa shape index (κ3) is 2.48. The monoisotopic (exact) mass is 177 g/mol. The van der Waals surface area contributed by atoms with Gasteiger partial charge in [0, 0.05) is 5.69 Å². The van der Waals surface area contributed by atoms with Gasteiger partial charge in [-0.1, -0.05) is 39.3 Å². The highest BCUT2D eigenvalue weighted by molar-refractivity contribution is 5.41. The van der Waals surface area contributed by atoms with E-state index in [1.54, 1.807) is 0 Å². The van der Waals surface area contributed by atoms with Crippen molar-refractivity contribution in [2.24, 2.45) is 0 Å². The van der Waals surface area contributed by atoms with Crippen LogP contribution in [0.3, 0.4) is 0 Å². The lowest BCUT2D eigenvalue weighted by Gasteiger charge is -2.24. The first-order valence-electron chi connectivity index (χ1n) is 4.92. The quantitative estimate of drug-likeness (QED) is 0.704. The Morgan fingerprint density at radius 3 is 2.15 bits per heavy atom. The largest absolute Gasteiger partial charge is 0.399 e. The van der Waals surface area contributed by atoms with Crippen LogP contribution in [0.1, 0.15) is 39.2 Å². The van der Waals surface area contributed by atoms with E-state index in [9.17, 15) is 0 Å². The average Bonchev–Trinajstić information content (AvgIpc) is 2.05. The van der Waals surface area contributed by atoms with Crippen molar-refractivity contribution in [3.05, 3.63) is 29.8 Å². The molecule has 0 fully saturated rings. The van der Waals surface area contributed by atoms with Crippen LogP contribution in [0.4, 0.5) is 5.69 Å². The van der Waals surface area contributed by atoms with Crippen molar-refractivity contribution in [2.75, 3.05) is 5.73 Å². The number of benzene rings is 1. The number of hydrogen-bond acceptors (Lipinski definition) is 1. The highest BCUT2D eigenvalue weighted by Gasteiger charge is 2.18. The van der Waals surface area contributed by atoms with Gasteiger partial charge in [0.1, 0.15) is 0 Å². The molecule has 0 saturated carbocycles. The van der Waals surface area contributed by atoms with Crippen molar-refractivity contribution in [1.82, 2.24) is 0 Å². The van der Waals surface area contributed by atoms with Gasteiger partial charge in [-0.05, 0) is 29.5 Å². The molecule has 72 valence electrons. The minimum absolute atomic E-state index is 0.280. The van der Waals surface area contributed by atoms with Gasteiger partial charge in [0.15, 0.2) is 0 Å². The zero-order valence-electron chi connectivity index (χ0n) is 8.80. The molecule has 1 nitrogen and oxygen atoms in total. The van der Waals surface area contributed by atoms with E-state index < -0.39 is 0 Å². The fraction of sp³-hybridized carbons (Fsp3) is 0.500. The van der Waals surface area contributed by atoms with Crippen molar-refractivity contribution in [3.63, 3.8) is 0 Å². The third-order valence-electron chi connectivity index (χ3n) is 2.57. The zero-order valence-corrected chi connectivity index (χ0v) is 8.80. The van der Waals surface area contributed by atoms with E-state index in [2.05, 4.69) is 32.9 Å². The van der Waals surface area contributed by atoms with Crippen LogP contribution in [0.2, 0.25) is 0 Å². The Bertz CT molecular complexity index is 259. The molecular weight excluding hydrogens is 158 g/mol. The van der Waals surface area contributed by atoms with E-state index in [1.165, 1.54) is 18.4 Å². The van der Waals surface area contributed by atoms with E-state index in [0.29, 0.717) is 0 Å². The summed E-state index contributed by atoms with van der Waals surface area (Å²) in [5, 5.41) is 0. The first kappa shape index (κ1) is 10.1. The van der Waals surface area contributed by atoms with Crippen LogP contribution in [0.15, 0.2) is 24.3 Å². The van der Waals surface area contributed by atoms with Gasteiger partial charge in [-0.3, -0.25) is 0 Å². The molecule has 0 aromatic heterocycles. The lowest BCUT2D eigenvalue weighted by molar-refractivity contribution is 0.473. The number of hydrogen-bond donors (Lipinski definition) is 1. The van der Waals surface area contributed by atoms with Gasteiger partial charge in [-0.2, -0.15) is 0 Å². The highest BCUT2D eigenvalue weighted by atomic mass is 14.5. The molecule has 1 aromatic rings. The van der Waals surface area contributed by atoms with E-state index >= 15 is 0 Å². The maximum Gasteiger partial charge on any atom is 0.0314 e. The minimum atomic E-state index is 0.280. The van der Waals surface area contributed by atoms with Gasteiger partial charge in [0.2, 0.25) is 0 Å². The average molecular weight is 177 g/mol. The van der Waals surface area contributed by atoms with E-state index in [-0.39, 0.29) is 5.41 Å². The first-order valence-corrected chi connectivity index (χ1v) is 4.92. The standard InChI is InChI=1S/C12H19N/c1-4-9-12(2,3)10-5-7-11(13)8-6-10/h5-8H,4,9,13H2,1-3H3. The molecule has 2 N–H and O–H groups in total. The molecule has 0 amide bonds. The highest BCUT2D eigenvalue weighted by Crippen LogP contribution is 2.28. The molecule has 0 atom stereocenters. The summed E-state index contributed by atoms with van der Waals surface area (Å²) in [6.45, 7) is 6.78. The maximum absolute atomic E-state index is 5.64. The molecule has 0 spiro atoms. The van der Waals surface area contributed by atoms with Crippen molar-refractivity contribution in [2.45, 2.75) is 39.0 Å². The van der Waals surface area contributed by atoms with Crippen molar-refractivity contribution in [3.8, 4) is 0 Å². The molecule has 0 aliphatic heterocycles. The number of nitrogen functional groups attached to an aromatic ring is 1. The van der Waals surface area contributed by atoms with Crippen LogP contribution in [0, 0.1) is 0 Å². The summed E-state index contributed by atoms with van der Waals surface area (Å²) in [6, 6.07) is 8.22. The zero-order chi connectivity index (χ0) is 9.90. The molecule has 0 heterocycles. The molecule has 0 bridgehead atoms. The summed E-state index contributed by atoms with van der Waals surface area (Å²) in [4.78, 5) is 0. The van der Waals surface area contributed by atoms with Crippen LogP contribution in [-0.2, 0) is 5.41 Å². The molecule has 0 unspecified atom stereocenters. The van der Waals surface area contributed by atoms with Gasteiger partial charge in [-0.25, -0.2) is 0 Å². The van der Waals surface area contributed by atoms with Crippen LogP contribution in [-0.4, -0.2) is 0 Å². The van der Waals surface area contributed by atoms with Crippen LogP contribution in [0.5, 0.6) is 0 Å². The number of nitrogens with two attached hydrogens (primary N) is 1. The summed E-state index contributed by atoms with van der Waals surface area (Å²) in [7, 11) is 0. The lowest BCUT2D eigenvalue weighted by atomic mass is 9.81. The van der Waals surface area contributed by atoms with Crippen molar-refractivity contribution in [1.29, 1.82) is 0 Å². The second-order valence-corrected chi connectivity index (χ2v) is 4.26. The predicted octanol–water partition coefficient (Wildman–Crippen LogP) is 3.35. The molecule has 0 aliphatic rings. The number of anilines is 1. The molecule has 0 radical (unpaired) electrons. The Kier molecular flexibility index (Phi) is 2.97. The van der Waals surface area contributed by atoms with Crippen molar-refractivity contribution < 1.29 is 0 Å². The summed E-state index contributed by atoms with van der Waals surface area (Å²) >= 11 is 0. The maximum atomic E-state index is 5.64. The normalized spacial score (nSPS) is 11.6. The number of rotatable bonds is 3. The molecule has 13 heavy (non-hydrogen) atoms. The topological polar surface area (TPSA) is 26.0 Å². The summed E-state index contributed by atoms with van der Waals surface area (Å²) in [5.74, 6) is 0. The molecular formula is C12H19N. The Morgan fingerprint density at radius 2 is 1.69 bits per heavy atom. The predicted molar refractivity (Wildman–Crippen MR) is 58.8 cm³/mol. The Morgan fingerprint density at radius 1 is 1.15 bits per heavy atom. The Balaban J connectivity index is 2.87. The second-order valence-electron chi connectivity index (χ2n) is 4.26. The third-order valence-corrected chi connectivity index (χ3v) is 2.57. The van der Waals surface area contributed by atoms with Gasteiger partial charge >= 0.3 is 0 Å².